The second-order valence-electron chi connectivity index (χ2n) is 15.0. The SMILES string of the molecule is CNc1ccc(COC(=O)NC(CCOCCN2CCC(NC(=O)c3ccc(C)c(OC)c3)CC2)CC(=O)Nc2cccc3c2CN(C2CCC(=O)NC2=O)C3=O)cc1. The number of rotatable bonds is 17. The number of nitrogens with one attached hydrogen (secondary N) is 5. The van der Waals surface area contributed by atoms with Crippen LogP contribution in [0.1, 0.15) is 75.9 Å². The summed E-state index contributed by atoms with van der Waals surface area (Å²) in [6, 6.07) is 16.5. The maximum atomic E-state index is 13.5. The molecule has 3 aromatic carbocycles. The summed E-state index contributed by atoms with van der Waals surface area (Å²) < 4.78 is 16.8. The largest absolute Gasteiger partial charge is 0.496 e. The van der Waals surface area contributed by atoms with Crippen molar-refractivity contribution in [2.75, 3.05) is 57.6 Å². The molecule has 6 amide bonds. The first-order valence-electron chi connectivity index (χ1n) is 20.0. The Bertz CT molecular complexity index is 2020. The summed E-state index contributed by atoms with van der Waals surface area (Å²) in [5.41, 5.74) is 4.64. The first-order valence-corrected chi connectivity index (χ1v) is 20.0. The summed E-state index contributed by atoms with van der Waals surface area (Å²) in [6.07, 6.45) is 1.53. The molecule has 16 nitrogen and oxygen atoms in total. The van der Waals surface area contributed by atoms with E-state index in [4.69, 9.17) is 14.2 Å². The highest BCUT2D eigenvalue weighted by atomic mass is 16.5. The van der Waals surface area contributed by atoms with Gasteiger partial charge in [-0.2, -0.15) is 0 Å². The molecule has 3 aliphatic heterocycles. The van der Waals surface area contributed by atoms with Crippen LogP contribution in [0.3, 0.4) is 0 Å². The van der Waals surface area contributed by atoms with Crippen LogP contribution in [0.5, 0.6) is 5.75 Å². The number of aryl methyl sites for hydroxylation is 1. The molecule has 2 unspecified atom stereocenters. The molecular weight excluding hydrogens is 759 g/mol. The number of piperidine rings is 2. The van der Waals surface area contributed by atoms with Crippen LogP contribution in [0, 0.1) is 6.92 Å². The summed E-state index contributed by atoms with van der Waals surface area (Å²) in [6.45, 7) is 5.09. The number of fused-ring (bicyclic) bond motifs is 1. The van der Waals surface area contributed by atoms with Crippen molar-refractivity contribution in [3.8, 4) is 5.75 Å². The van der Waals surface area contributed by atoms with Crippen molar-refractivity contribution in [1.82, 2.24) is 25.8 Å². The van der Waals surface area contributed by atoms with E-state index in [1.807, 2.05) is 44.3 Å². The van der Waals surface area contributed by atoms with E-state index < -0.39 is 30.0 Å². The molecule has 3 heterocycles. The van der Waals surface area contributed by atoms with E-state index in [0.29, 0.717) is 47.7 Å². The van der Waals surface area contributed by atoms with Crippen LogP contribution in [0.15, 0.2) is 60.7 Å². The van der Waals surface area contributed by atoms with Crippen LogP contribution in [0.2, 0.25) is 0 Å². The lowest BCUT2D eigenvalue weighted by Gasteiger charge is -2.32. The van der Waals surface area contributed by atoms with Gasteiger partial charge in [0.15, 0.2) is 0 Å². The Balaban J connectivity index is 0.988. The van der Waals surface area contributed by atoms with Gasteiger partial charge in [-0.25, -0.2) is 4.79 Å². The van der Waals surface area contributed by atoms with E-state index in [1.165, 1.54) is 4.90 Å². The summed E-state index contributed by atoms with van der Waals surface area (Å²) in [4.78, 5) is 80.6. The molecule has 3 aromatic rings. The van der Waals surface area contributed by atoms with Gasteiger partial charge >= 0.3 is 6.09 Å². The van der Waals surface area contributed by atoms with Gasteiger partial charge < -0.3 is 45.3 Å². The minimum Gasteiger partial charge on any atom is -0.496 e. The number of carbonyl (C=O) groups is 6. The summed E-state index contributed by atoms with van der Waals surface area (Å²) >= 11 is 0. The molecule has 2 saturated heterocycles. The number of ether oxygens (including phenoxy) is 3. The van der Waals surface area contributed by atoms with Crippen molar-refractivity contribution in [1.29, 1.82) is 0 Å². The van der Waals surface area contributed by atoms with Gasteiger partial charge in [-0.15, -0.1) is 0 Å². The minimum absolute atomic E-state index is 0.0418. The second kappa shape index (κ2) is 20.1. The third-order valence-electron chi connectivity index (χ3n) is 11.0. The summed E-state index contributed by atoms with van der Waals surface area (Å²) in [5.74, 6) is -1.06. The van der Waals surface area contributed by atoms with Crippen LogP contribution >= 0.6 is 0 Å². The normalized spacial score (nSPS) is 17.4. The van der Waals surface area contributed by atoms with Crippen molar-refractivity contribution in [2.45, 2.75) is 76.7 Å². The number of benzene rings is 3. The van der Waals surface area contributed by atoms with E-state index in [1.54, 1.807) is 37.4 Å². The van der Waals surface area contributed by atoms with Crippen LogP contribution in [0.4, 0.5) is 16.2 Å². The van der Waals surface area contributed by atoms with Crippen LogP contribution in [-0.4, -0.2) is 111 Å². The topological polar surface area (TPSA) is 197 Å². The Hall–Kier alpha value is -6.00. The molecule has 3 aliphatic rings. The lowest BCUT2D eigenvalue weighted by Crippen LogP contribution is -2.52. The number of nitrogens with zero attached hydrogens (tertiary/aromatic N) is 2. The Labute approximate surface area is 343 Å². The fourth-order valence-corrected chi connectivity index (χ4v) is 7.53. The van der Waals surface area contributed by atoms with Gasteiger partial charge in [-0.1, -0.05) is 24.3 Å². The number of imide groups is 1. The Morgan fingerprint density at radius 2 is 1.75 bits per heavy atom. The summed E-state index contributed by atoms with van der Waals surface area (Å²) in [7, 11) is 3.41. The van der Waals surface area contributed by atoms with Crippen molar-refractivity contribution in [2.24, 2.45) is 0 Å². The molecule has 0 radical (unpaired) electrons. The summed E-state index contributed by atoms with van der Waals surface area (Å²) in [5, 5.41) is 14.2. The molecule has 5 N–H and O–H groups in total. The molecule has 59 heavy (non-hydrogen) atoms. The molecule has 0 saturated carbocycles. The Morgan fingerprint density at radius 1 is 0.966 bits per heavy atom. The van der Waals surface area contributed by atoms with Crippen LogP contribution in [-0.2, 0) is 37.0 Å². The van der Waals surface area contributed by atoms with E-state index in [-0.39, 0.29) is 62.8 Å². The monoisotopic (exact) mass is 811 g/mol. The van der Waals surface area contributed by atoms with Gasteiger partial charge in [-0.05, 0) is 80.1 Å². The number of anilines is 2. The van der Waals surface area contributed by atoms with Crippen molar-refractivity contribution >= 4 is 47.0 Å². The average molecular weight is 812 g/mol. The van der Waals surface area contributed by atoms with E-state index in [0.717, 1.165) is 42.7 Å². The van der Waals surface area contributed by atoms with Gasteiger partial charge in [0, 0.05) is 92.8 Å². The van der Waals surface area contributed by atoms with Gasteiger partial charge in [0.05, 0.1) is 13.7 Å². The number of carbonyl (C=O) groups excluding carboxylic acids is 6. The van der Waals surface area contributed by atoms with E-state index in [9.17, 15) is 28.8 Å². The predicted octanol–water partition coefficient (Wildman–Crippen LogP) is 3.73. The fraction of sp³-hybridized carbons (Fsp3) is 0.442. The molecule has 0 aliphatic carbocycles. The number of hydrogen-bond acceptors (Lipinski definition) is 11. The number of hydrogen-bond donors (Lipinski definition) is 5. The molecule has 16 heteroatoms. The van der Waals surface area contributed by atoms with Crippen LogP contribution in [0.25, 0.3) is 0 Å². The van der Waals surface area contributed by atoms with E-state index >= 15 is 0 Å². The molecule has 0 spiro atoms. The van der Waals surface area contributed by atoms with Gasteiger partial charge in [0.25, 0.3) is 11.8 Å². The van der Waals surface area contributed by atoms with Crippen molar-refractivity contribution in [3.05, 3.63) is 88.5 Å². The predicted molar refractivity (Wildman–Crippen MR) is 219 cm³/mol. The first kappa shape index (κ1) is 42.6. The standard InChI is InChI=1S/C43H53N7O9/c1-27-7-10-29(23-37(27)57-3)40(53)45-31-15-18-49(19-16-31)20-22-58-21-17-32(46-43(56)59-26-28-8-11-30(44-2)12-9-28)24-39(52)47-35-6-4-5-33-34(35)25-50(42(33)55)36-13-14-38(51)48-41(36)54/h4-12,23,31-32,36,44H,13-22,24-26H2,1-3H3,(H,45,53)(H,46,56)(H,47,52)(H,48,51,54). The minimum atomic E-state index is -0.786. The zero-order valence-electron chi connectivity index (χ0n) is 33.8. The lowest BCUT2D eigenvalue weighted by molar-refractivity contribution is -0.137. The highest BCUT2D eigenvalue weighted by molar-refractivity contribution is 6.07. The molecule has 6 rings (SSSR count). The first-order chi connectivity index (χ1) is 28.5. The molecule has 0 aromatic heterocycles. The lowest BCUT2D eigenvalue weighted by atomic mass is 10.0. The zero-order chi connectivity index (χ0) is 41.9. The quantitative estimate of drug-likeness (QED) is 0.0985. The number of alkyl carbamates (subject to hydrolysis) is 1. The number of likely N-dealkylation sites (tertiary alicyclic amines) is 1. The molecular formula is C43H53N7O9. The number of amides is 6. The van der Waals surface area contributed by atoms with Crippen LogP contribution < -0.4 is 31.3 Å². The van der Waals surface area contributed by atoms with Gasteiger partial charge in [0.2, 0.25) is 17.7 Å². The second-order valence-corrected chi connectivity index (χ2v) is 15.0. The molecule has 314 valence electrons. The van der Waals surface area contributed by atoms with Gasteiger partial charge in [-0.3, -0.25) is 29.3 Å². The maximum Gasteiger partial charge on any atom is 0.407 e. The maximum absolute atomic E-state index is 13.5. The smallest absolute Gasteiger partial charge is 0.407 e. The highest BCUT2D eigenvalue weighted by Gasteiger charge is 2.40. The average Bonchev–Trinajstić information content (AvgIpc) is 3.57. The number of methoxy groups -OCH3 is 1. The third kappa shape index (κ3) is 11.4. The van der Waals surface area contributed by atoms with Crippen molar-refractivity contribution < 1.29 is 43.0 Å². The highest BCUT2D eigenvalue weighted by Crippen LogP contribution is 2.32. The van der Waals surface area contributed by atoms with Gasteiger partial charge in [0.1, 0.15) is 18.4 Å². The van der Waals surface area contributed by atoms with Crippen molar-refractivity contribution in [3.63, 3.8) is 0 Å². The molecule has 2 atom stereocenters. The third-order valence-corrected chi connectivity index (χ3v) is 11.0. The Kier molecular flexibility index (Phi) is 14.5. The Morgan fingerprint density at radius 3 is 2.47 bits per heavy atom. The molecule has 2 fully saturated rings. The zero-order valence-corrected chi connectivity index (χ0v) is 33.8. The molecule has 0 bridgehead atoms. The van der Waals surface area contributed by atoms with E-state index in [2.05, 4.69) is 31.5 Å². The fourth-order valence-electron chi connectivity index (χ4n) is 7.53.